The first-order chi connectivity index (χ1) is 18.5. The van der Waals surface area contributed by atoms with Crippen LogP contribution in [0.15, 0.2) is 89.8 Å². The summed E-state index contributed by atoms with van der Waals surface area (Å²) in [5.41, 5.74) is 2.38. The molecular weight excluding hydrogens is 492 g/mol. The number of benzene rings is 3. The molecule has 1 atom stereocenters. The molecule has 3 rings (SSSR count). The zero-order valence-corrected chi connectivity index (χ0v) is 23.5. The van der Waals surface area contributed by atoms with Crippen molar-refractivity contribution in [2.45, 2.75) is 95.0 Å². The largest absolute Gasteiger partial charge is 0.297 e. The molecular formula is C33H42O4S. The second-order valence-corrected chi connectivity index (χ2v) is 11.6. The number of hydrogen-bond acceptors (Lipinski definition) is 4. The highest BCUT2D eigenvalue weighted by Gasteiger charge is 2.28. The summed E-state index contributed by atoms with van der Waals surface area (Å²) in [5, 5.41) is 0. The first-order valence-corrected chi connectivity index (χ1v) is 15.6. The molecule has 0 spiro atoms. The quantitative estimate of drug-likeness (QED) is 0.0934. The Labute approximate surface area is 229 Å². The van der Waals surface area contributed by atoms with E-state index < -0.39 is 16.2 Å². The second-order valence-electron chi connectivity index (χ2n) is 10.0. The normalized spacial score (nSPS) is 12.3. The molecule has 3 aromatic rings. The third-order valence-electron chi connectivity index (χ3n) is 6.89. The first kappa shape index (κ1) is 29.8. The molecule has 38 heavy (non-hydrogen) atoms. The van der Waals surface area contributed by atoms with E-state index in [1.54, 1.807) is 36.4 Å². The molecule has 0 N–H and O–H groups in total. The summed E-state index contributed by atoms with van der Waals surface area (Å²) in [6.07, 6.45) is 12.9. The fraction of sp³-hybridized carbons (Fsp3) is 0.424. The predicted molar refractivity (Wildman–Crippen MR) is 155 cm³/mol. The molecule has 0 aliphatic heterocycles. The second kappa shape index (κ2) is 16.3. The van der Waals surface area contributed by atoms with Crippen LogP contribution in [0, 0.1) is 0 Å². The van der Waals surface area contributed by atoms with Gasteiger partial charge in [0.25, 0.3) is 10.1 Å². The van der Waals surface area contributed by atoms with Gasteiger partial charge in [-0.05, 0) is 36.1 Å². The number of carbonyl (C=O) groups is 1. The summed E-state index contributed by atoms with van der Waals surface area (Å²) in [6.45, 7) is 2.25. The Bertz CT molecular complexity index is 1170. The van der Waals surface area contributed by atoms with Crippen molar-refractivity contribution in [2.75, 3.05) is 0 Å². The summed E-state index contributed by atoms with van der Waals surface area (Å²) < 4.78 is 31.9. The van der Waals surface area contributed by atoms with E-state index in [0.717, 1.165) is 24.0 Å². The summed E-state index contributed by atoms with van der Waals surface area (Å²) >= 11 is 0. The zero-order chi connectivity index (χ0) is 27.1. The van der Waals surface area contributed by atoms with Crippen LogP contribution in [-0.4, -0.2) is 20.3 Å². The molecule has 0 saturated carbocycles. The van der Waals surface area contributed by atoms with E-state index in [1.165, 1.54) is 57.8 Å². The highest BCUT2D eigenvalue weighted by atomic mass is 32.2. The topological polar surface area (TPSA) is 60.4 Å². The lowest BCUT2D eigenvalue weighted by atomic mass is 10.0. The molecule has 0 aromatic heterocycles. The minimum atomic E-state index is -4.11. The molecule has 5 heteroatoms. The van der Waals surface area contributed by atoms with Crippen molar-refractivity contribution in [2.24, 2.45) is 0 Å². The lowest BCUT2D eigenvalue weighted by Gasteiger charge is -2.17. The van der Waals surface area contributed by atoms with Crippen LogP contribution in [0.5, 0.6) is 0 Å². The standard InChI is InChI=1S/C33H42O4S/c1-2-3-4-5-6-7-8-9-10-13-18-28-23-25-31(26-24-28)38(35,36)37-32(27-29-19-14-11-15-20-29)33(34)30-21-16-12-17-22-30/h11-12,14-17,19-26,32H,2-10,13,18,27H2,1H3. The maximum atomic E-state index is 13.2. The van der Waals surface area contributed by atoms with Crippen molar-refractivity contribution in [1.82, 2.24) is 0 Å². The van der Waals surface area contributed by atoms with Gasteiger partial charge in [0.1, 0.15) is 6.10 Å². The van der Waals surface area contributed by atoms with E-state index in [9.17, 15) is 13.2 Å². The molecule has 0 bridgehead atoms. The van der Waals surface area contributed by atoms with Gasteiger partial charge in [-0.15, -0.1) is 0 Å². The van der Waals surface area contributed by atoms with E-state index in [2.05, 4.69) is 6.92 Å². The fourth-order valence-corrected chi connectivity index (χ4v) is 5.68. The van der Waals surface area contributed by atoms with E-state index in [4.69, 9.17) is 4.18 Å². The van der Waals surface area contributed by atoms with Crippen LogP contribution < -0.4 is 0 Å². The van der Waals surface area contributed by atoms with Gasteiger partial charge in [-0.2, -0.15) is 8.42 Å². The fourth-order valence-electron chi connectivity index (χ4n) is 4.63. The predicted octanol–water partition coefficient (Wildman–Crippen LogP) is 8.35. The summed E-state index contributed by atoms with van der Waals surface area (Å²) in [6, 6.07) is 24.9. The van der Waals surface area contributed by atoms with Crippen molar-refractivity contribution >= 4 is 15.9 Å². The van der Waals surface area contributed by atoms with Crippen LogP contribution in [0.1, 0.15) is 92.6 Å². The van der Waals surface area contributed by atoms with Crippen molar-refractivity contribution in [3.05, 3.63) is 102 Å². The van der Waals surface area contributed by atoms with Gasteiger partial charge < -0.3 is 0 Å². The lowest BCUT2D eigenvalue weighted by molar-refractivity contribution is 0.0801. The van der Waals surface area contributed by atoms with Gasteiger partial charge >= 0.3 is 0 Å². The summed E-state index contributed by atoms with van der Waals surface area (Å²) in [5.74, 6) is -0.351. The Morgan fingerprint density at radius 1 is 0.658 bits per heavy atom. The molecule has 0 amide bonds. The number of Topliss-reactive ketones (excluding diaryl/α,β-unsaturated/α-hetero) is 1. The Morgan fingerprint density at radius 2 is 1.18 bits per heavy atom. The van der Waals surface area contributed by atoms with Gasteiger partial charge in [-0.1, -0.05) is 138 Å². The van der Waals surface area contributed by atoms with Gasteiger partial charge in [-0.3, -0.25) is 8.98 Å². The molecule has 0 heterocycles. The monoisotopic (exact) mass is 534 g/mol. The minimum Gasteiger partial charge on any atom is -0.291 e. The van der Waals surface area contributed by atoms with Gasteiger partial charge in [0.05, 0.1) is 4.90 Å². The van der Waals surface area contributed by atoms with E-state index in [0.29, 0.717) is 5.56 Å². The van der Waals surface area contributed by atoms with Gasteiger partial charge in [-0.25, -0.2) is 0 Å². The number of rotatable bonds is 18. The van der Waals surface area contributed by atoms with Crippen LogP contribution >= 0.6 is 0 Å². The Hall–Kier alpha value is -2.76. The van der Waals surface area contributed by atoms with Gasteiger partial charge in [0.2, 0.25) is 0 Å². The SMILES string of the molecule is CCCCCCCCCCCCc1ccc(S(=O)(=O)OC(Cc2ccccc2)C(=O)c2ccccc2)cc1. The molecule has 204 valence electrons. The first-order valence-electron chi connectivity index (χ1n) is 14.1. The lowest BCUT2D eigenvalue weighted by Crippen LogP contribution is -2.30. The van der Waals surface area contributed by atoms with Gasteiger partial charge in [0.15, 0.2) is 5.78 Å². The summed E-state index contributed by atoms with van der Waals surface area (Å²) in [7, 11) is -4.11. The van der Waals surface area contributed by atoms with Crippen molar-refractivity contribution < 1.29 is 17.4 Å². The zero-order valence-electron chi connectivity index (χ0n) is 22.7. The van der Waals surface area contributed by atoms with E-state index >= 15 is 0 Å². The van der Waals surface area contributed by atoms with E-state index in [1.807, 2.05) is 48.5 Å². The Kier molecular flexibility index (Phi) is 12.7. The van der Waals surface area contributed by atoms with E-state index in [-0.39, 0.29) is 17.1 Å². The number of aryl methyl sites for hydroxylation is 1. The molecule has 0 fully saturated rings. The number of unbranched alkanes of at least 4 members (excludes halogenated alkanes) is 9. The smallest absolute Gasteiger partial charge is 0.291 e. The van der Waals surface area contributed by atoms with Crippen LogP contribution in [0.25, 0.3) is 0 Å². The minimum absolute atomic E-state index is 0.0725. The van der Waals surface area contributed by atoms with Crippen molar-refractivity contribution in [3.8, 4) is 0 Å². The molecule has 3 aromatic carbocycles. The molecule has 0 aliphatic carbocycles. The maximum Gasteiger partial charge on any atom is 0.297 e. The maximum absolute atomic E-state index is 13.2. The van der Waals surface area contributed by atoms with Crippen molar-refractivity contribution in [1.29, 1.82) is 0 Å². The average molecular weight is 535 g/mol. The average Bonchev–Trinajstić information content (AvgIpc) is 2.94. The number of ketones is 1. The van der Waals surface area contributed by atoms with Crippen LogP contribution in [-0.2, 0) is 27.1 Å². The molecule has 0 radical (unpaired) electrons. The Balaban J connectivity index is 1.53. The highest BCUT2D eigenvalue weighted by molar-refractivity contribution is 7.86. The number of hydrogen-bond donors (Lipinski definition) is 0. The third-order valence-corrected chi connectivity index (χ3v) is 8.22. The molecule has 0 aliphatic rings. The molecule has 1 unspecified atom stereocenters. The van der Waals surface area contributed by atoms with Crippen LogP contribution in [0.4, 0.5) is 0 Å². The number of carbonyl (C=O) groups excluding carboxylic acids is 1. The third kappa shape index (κ3) is 10.2. The molecule has 4 nitrogen and oxygen atoms in total. The Morgan fingerprint density at radius 3 is 1.76 bits per heavy atom. The summed E-state index contributed by atoms with van der Waals surface area (Å²) in [4.78, 5) is 13.3. The highest BCUT2D eigenvalue weighted by Crippen LogP contribution is 2.21. The van der Waals surface area contributed by atoms with Gasteiger partial charge in [0, 0.05) is 12.0 Å². The van der Waals surface area contributed by atoms with Crippen LogP contribution in [0.2, 0.25) is 0 Å². The van der Waals surface area contributed by atoms with Crippen LogP contribution in [0.3, 0.4) is 0 Å². The molecule has 0 saturated heterocycles. The van der Waals surface area contributed by atoms with Crippen molar-refractivity contribution in [3.63, 3.8) is 0 Å².